The van der Waals surface area contributed by atoms with Crippen molar-refractivity contribution in [1.29, 1.82) is 0 Å². The topological polar surface area (TPSA) is 34.1 Å². The molecule has 0 radical (unpaired) electrons. The molecular formula is C11H21KO2. The van der Waals surface area contributed by atoms with Crippen molar-refractivity contribution >= 4 is 63.0 Å². The summed E-state index contributed by atoms with van der Waals surface area (Å²) in [4.78, 5) is 23.0. The molecule has 0 amide bonds. The van der Waals surface area contributed by atoms with Gasteiger partial charge < -0.3 is 0 Å². The van der Waals surface area contributed by atoms with Gasteiger partial charge >= 0.3 is 51.4 Å². The number of Topliss-reactive ketones (excluding diaryl/α,β-unsaturated/α-hetero) is 2. The summed E-state index contributed by atoms with van der Waals surface area (Å²) in [5, 5.41) is 0. The van der Waals surface area contributed by atoms with Gasteiger partial charge in [0.05, 0.1) is 6.42 Å². The van der Waals surface area contributed by atoms with Crippen molar-refractivity contribution in [1.82, 2.24) is 0 Å². The molecule has 0 aromatic heterocycles. The average molecular weight is 224 g/mol. The van der Waals surface area contributed by atoms with Crippen molar-refractivity contribution in [2.45, 2.75) is 48.0 Å². The zero-order valence-electron chi connectivity index (χ0n) is 9.52. The number of carbonyl (C=O) groups excluding carboxylic acids is 2. The van der Waals surface area contributed by atoms with E-state index >= 15 is 0 Å². The molecular weight excluding hydrogens is 203 g/mol. The number of hydrogen-bond donors (Lipinski definition) is 0. The molecule has 0 fully saturated rings. The van der Waals surface area contributed by atoms with Crippen molar-refractivity contribution in [2.75, 3.05) is 0 Å². The van der Waals surface area contributed by atoms with E-state index in [-0.39, 0.29) is 69.4 Å². The molecule has 2 nitrogen and oxygen atoms in total. The van der Waals surface area contributed by atoms with Crippen molar-refractivity contribution in [3.8, 4) is 0 Å². The van der Waals surface area contributed by atoms with Gasteiger partial charge in [-0.2, -0.15) is 0 Å². The normalized spacial score (nSPS) is 11.9. The molecule has 0 aromatic rings. The molecule has 0 aliphatic heterocycles. The van der Waals surface area contributed by atoms with Gasteiger partial charge in [0.25, 0.3) is 0 Å². The number of ketones is 2. The van der Waals surface area contributed by atoms with Crippen LogP contribution in [0.1, 0.15) is 48.0 Å². The van der Waals surface area contributed by atoms with Crippen LogP contribution in [0, 0.1) is 10.8 Å². The van der Waals surface area contributed by atoms with Crippen LogP contribution in [0.3, 0.4) is 0 Å². The maximum atomic E-state index is 11.5. The monoisotopic (exact) mass is 224 g/mol. The third-order valence-electron chi connectivity index (χ3n) is 1.99. The van der Waals surface area contributed by atoms with E-state index in [0.717, 1.165) is 0 Å². The first-order chi connectivity index (χ1) is 5.55. The Labute approximate surface area is 130 Å². The zero-order valence-corrected chi connectivity index (χ0v) is 9.52. The molecule has 78 valence electrons. The van der Waals surface area contributed by atoms with Gasteiger partial charge in [-0.1, -0.05) is 41.5 Å². The Hall–Kier alpha value is 0.976. The van der Waals surface area contributed by atoms with Crippen LogP contribution in [0.4, 0.5) is 0 Å². The van der Waals surface area contributed by atoms with Crippen LogP contribution in [0.2, 0.25) is 0 Å². The fourth-order valence-corrected chi connectivity index (χ4v) is 0.676. The second kappa shape index (κ2) is 5.90. The molecule has 0 spiro atoms. The molecule has 14 heavy (non-hydrogen) atoms. The Morgan fingerprint density at radius 1 is 0.786 bits per heavy atom. The van der Waals surface area contributed by atoms with Gasteiger partial charge in [0.2, 0.25) is 0 Å². The first kappa shape index (κ1) is 17.4. The van der Waals surface area contributed by atoms with Gasteiger partial charge in [0.15, 0.2) is 0 Å². The van der Waals surface area contributed by atoms with Gasteiger partial charge in [0, 0.05) is 10.8 Å². The fraction of sp³-hybridized carbons (Fsp3) is 0.818. The fourth-order valence-electron chi connectivity index (χ4n) is 0.676. The standard InChI is InChI=1S/C11H20O2.K.H/c1-10(2,3)8(12)7-9(13)11(4,5)6;;/h7H2,1-6H3;;. The van der Waals surface area contributed by atoms with Crippen LogP contribution < -0.4 is 0 Å². The van der Waals surface area contributed by atoms with Gasteiger partial charge in [-0.05, 0) is 0 Å². The summed E-state index contributed by atoms with van der Waals surface area (Å²) < 4.78 is 0. The van der Waals surface area contributed by atoms with E-state index in [2.05, 4.69) is 0 Å². The van der Waals surface area contributed by atoms with Gasteiger partial charge in [-0.15, -0.1) is 0 Å². The molecule has 0 aliphatic carbocycles. The predicted molar refractivity (Wildman–Crippen MR) is 60.7 cm³/mol. The molecule has 0 saturated heterocycles. The van der Waals surface area contributed by atoms with E-state index < -0.39 is 10.8 Å². The number of carbonyl (C=O) groups is 2. The second-order valence-electron chi connectivity index (χ2n) is 5.52. The minimum absolute atomic E-state index is 0. The van der Waals surface area contributed by atoms with E-state index in [1.807, 2.05) is 41.5 Å². The molecule has 0 aromatic carbocycles. The summed E-state index contributed by atoms with van der Waals surface area (Å²) in [6, 6.07) is 0. The van der Waals surface area contributed by atoms with Crippen molar-refractivity contribution in [3.63, 3.8) is 0 Å². The van der Waals surface area contributed by atoms with Crippen molar-refractivity contribution in [3.05, 3.63) is 0 Å². The minimum atomic E-state index is -0.402. The Morgan fingerprint density at radius 3 is 1.14 bits per heavy atom. The first-order valence-corrected chi connectivity index (χ1v) is 4.62. The summed E-state index contributed by atoms with van der Waals surface area (Å²) in [5.41, 5.74) is -0.804. The molecule has 0 aliphatic rings. The summed E-state index contributed by atoms with van der Waals surface area (Å²) in [6.07, 6.45) is 0.0625. The summed E-state index contributed by atoms with van der Waals surface area (Å²) >= 11 is 0. The molecule has 0 saturated carbocycles. The summed E-state index contributed by atoms with van der Waals surface area (Å²) in [5.74, 6) is 0.0415. The molecule has 3 heteroatoms. The third-order valence-corrected chi connectivity index (χ3v) is 1.99. The average Bonchev–Trinajstić information content (AvgIpc) is 1.82. The summed E-state index contributed by atoms with van der Waals surface area (Å²) in [7, 11) is 0. The molecule has 0 N–H and O–H groups in total. The van der Waals surface area contributed by atoms with Gasteiger partial charge in [-0.25, -0.2) is 0 Å². The van der Waals surface area contributed by atoms with Crippen LogP contribution in [-0.2, 0) is 9.59 Å². The van der Waals surface area contributed by atoms with Crippen molar-refractivity contribution < 1.29 is 9.59 Å². The van der Waals surface area contributed by atoms with Crippen LogP contribution in [-0.4, -0.2) is 63.0 Å². The molecule has 0 unspecified atom stereocenters. The molecule has 0 bridgehead atoms. The Bertz CT molecular complexity index is 194. The van der Waals surface area contributed by atoms with E-state index in [0.29, 0.717) is 0 Å². The Balaban J connectivity index is 0. The molecule has 0 heterocycles. The molecule has 0 rings (SSSR count). The summed E-state index contributed by atoms with van der Waals surface area (Å²) in [6.45, 7) is 11.0. The zero-order chi connectivity index (χ0) is 10.9. The van der Waals surface area contributed by atoms with Crippen molar-refractivity contribution in [2.24, 2.45) is 10.8 Å². The molecule has 0 atom stereocenters. The Morgan fingerprint density at radius 2 is 1.00 bits per heavy atom. The predicted octanol–water partition coefficient (Wildman–Crippen LogP) is 1.96. The van der Waals surface area contributed by atoms with Crippen LogP contribution in [0.25, 0.3) is 0 Å². The van der Waals surface area contributed by atoms with Crippen LogP contribution >= 0.6 is 0 Å². The Kier molecular flexibility index (Phi) is 7.32. The third kappa shape index (κ3) is 6.46. The first-order valence-electron chi connectivity index (χ1n) is 4.62. The van der Waals surface area contributed by atoms with E-state index in [1.54, 1.807) is 0 Å². The van der Waals surface area contributed by atoms with E-state index in [4.69, 9.17) is 0 Å². The van der Waals surface area contributed by atoms with Crippen LogP contribution in [0.5, 0.6) is 0 Å². The van der Waals surface area contributed by atoms with E-state index in [1.165, 1.54) is 0 Å². The van der Waals surface area contributed by atoms with Crippen LogP contribution in [0.15, 0.2) is 0 Å². The number of hydrogen-bond acceptors (Lipinski definition) is 2. The quantitative estimate of drug-likeness (QED) is 0.531. The second-order valence-corrected chi connectivity index (χ2v) is 5.52. The van der Waals surface area contributed by atoms with Gasteiger partial charge in [0.1, 0.15) is 11.6 Å². The number of rotatable bonds is 2. The van der Waals surface area contributed by atoms with Gasteiger partial charge in [-0.3, -0.25) is 9.59 Å². The SMILES string of the molecule is CC(C)(C)C(=O)CC(=O)C(C)(C)C.[KH]. The maximum absolute atomic E-state index is 11.5. The van der Waals surface area contributed by atoms with E-state index in [9.17, 15) is 9.59 Å².